The van der Waals surface area contributed by atoms with Gasteiger partial charge >= 0.3 is 0 Å². The third kappa shape index (κ3) is 4.22. The molecule has 0 aliphatic carbocycles. The first-order chi connectivity index (χ1) is 5.84. The van der Waals surface area contributed by atoms with Crippen LogP contribution in [0.4, 0.5) is 0 Å². The Labute approximate surface area is 84.4 Å². The number of rotatable bonds is 4. The monoisotopic (exact) mass is 202 g/mol. The third-order valence-electron chi connectivity index (χ3n) is 1.74. The van der Waals surface area contributed by atoms with Gasteiger partial charge < -0.3 is 10.8 Å². The number of aliphatic hydroxyl groups is 1. The van der Waals surface area contributed by atoms with Crippen LogP contribution in [-0.4, -0.2) is 16.7 Å². The molecule has 0 aromatic carbocycles. The van der Waals surface area contributed by atoms with Gasteiger partial charge in [-0.3, -0.25) is 4.98 Å². The lowest BCUT2D eigenvalue weighted by Gasteiger charge is -2.08. The summed E-state index contributed by atoms with van der Waals surface area (Å²) in [5.41, 5.74) is 6.70. The Balaban J connectivity index is 0.00000144. The number of halogens is 1. The second-order valence-electron chi connectivity index (χ2n) is 2.73. The van der Waals surface area contributed by atoms with Crippen LogP contribution < -0.4 is 5.73 Å². The van der Waals surface area contributed by atoms with Crippen molar-refractivity contribution in [3.05, 3.63) is 30.1 Å². The first-order valence-corrected chi connectivity index (χ1v) is 4.12. The molecule has 1 rings (SSSR count). The number of aromatic nitrogens is 1. The minimum Gasteiger partial charge on any atom is -0.396 e. The van der Waals surface area contributed by atoms with Gasteiger partial charge in [0.25, 0.3) is 0 Å². The average molecular weight is 203 g/mol. The molecule has 3 N–H and O–H groups in total. The molecule has 0 saturated carbocycles. The SMILES string of the molecule is Cl.N[C@@H](CCCO)c1ccccn1. The van der Waals surface area contributed by atoms with E-state index in [1.165, 1.54) is 0 Å². The first kappa shape index (κ1) is 12.4. The van der Waals surface area contributed by atoms with E-state index in [2.05, 4.69) is 4.98 Å². The maximum Gasteiger partial charge on any atom is 0.0570 e. The molecule has 1 aromatic rings. The number of hydrogen-bond acceptors (Lipinski definition) is 3. The molecule has 4 heteroatoms. The van der Waals surface area contributed by atoms with Crippen LogP contribution in [0, 0.1) is 0 Å². The molecular formula is C9H15ClN2O. The van der Waals surface area contributed by atoms with Gasteiger partial charge in [-0.15, -0.1) is 12.4 Å². The standard InChI is InChI=1S/C9H14N2O.ClH/c10-8(4-3-7-12)9-5-1-2-6-11-9;/h1-2,5-6,8,12H,3-4,7,10H2;1H/t8-;/m0./s1. The predicted molar refractivity (Wildman–Crippen MR) is 54.7 cm³/mol. The second-order valence-corrected chi connectivity index (χ2v) is 2.73. The maximum atomic E-state index is 8.59. The lowest BCUT2D eigenvalue weighted by molar-refractivity contribution is 0.279. The highest BCUT2D eigenvalue weighted by atomic mass is 35.5. The third-order valence-corrected chi connectivity index (χ3v) is 1.74. The summed E-state index contributed by atoms with van der Waals surface area (Å²) in [5, 5.41) is 8.59. The average Bonchev–Trinajstić information content (AvgIpc) is 2.15. The lowest BCUT2D eigenvalue weighted by atomic mass is 10.1. The largest absolute Gasteiger partial charge is 0.396 e. The van der Waals surface area contributed by atoms with Crippen molar-refractivity contribution in [3.8, 4) is 0 Å². The first-order valence-electron chi connectivity index (χ1n) is 4.12. The molecule has 0 saturated heterocycles. The topological polar surface area (TPSA) is 59.1 Å². The second kappa shape index (κ2) is 6.83. The molecule has 0 bridgehead atoms. The van der Waals surface area contributed by atoms with E-state index in [0.717, 1.165) is 18.5 Å². The molecule has 1 heterocycles. The Kier molecular flexibility index (Phi) is 6.49. The fourth-order valence-corrected chi connectivity index (χ4v) is 1.05. The Morgan fingerprint density at radius 3 is 2.77 bits per heavy atom. The van der Waals surface area contributed by atoms with Crippen LogP contribution in [0.5, 0.6) is 0 Å². The Hall–Kier alpha value is -0.640. The van der Waals surface area contributed by atoms with Crippen LogP contribution in [0.2, 0.25) is 0 Å². The zero-order valence-electron chi connectivity index (χ0n) is 7.39. The van der Waals surface area contributed by atoms with E-state index in [4.69, 9.17) is 10.8 Å². The van der Waals surface area contributed by atoms with Crippen LogP contribution in [0.1, 0.15) is 24.6 Å². The van der Waals surface area contributed by atoms with Crippen LogP contribution in [0.25, 0.3) is 0 Å². The molecule has 74 valence electrons. The summed E-state index contributed by atoms with van der Waals surface area (Å²) in [5.74, 6) is 0. The molecule has 0 fully saturated rings. The van der Waals surface area contributed by atoms with Crippen molar-refractivity contribution >= 4 is 12.4 Å². The molecule has 0 amide bonds. The Bertz CT molecular complexity index is 218. The van der Waals surface area contributed by atoms with Crippen LogP contribution >= 0.6 is 12.4 Å². The molecule has 13 heavy (non-hydrogen) atoms. The molecule has 0 unspecified atom stereocenters. The summed E-state index contributed by atoms with van der Waals surface area (Å²) in [6.45, 7) is 0.195. The van der Waals surface area contributed by atoms with Crippen molar-refractivity contribution in [3.63, 3.8) is 0 Å². The molecule has 0 spiro atoms. The molecule has 0 radical (unpaired) electrons. The van der Waals surface area contributed by atoms with Crippen molar-refractivity contribution in [2.45, 2.75) is 18.9 Å². The number of pyridine rings is 1. The van der Waals surface area contributed by atoms with Gasteiger partial charge in [-0.1, -0.05) is 6.07 Å². The minimum atomic E-state index is -0.0432. The van der Waals surface area contributed by atoms with E-state index in [9.17, 15) is 0 Å². The van der Waals surface area contributed by atoms with E-state index in [-0.39, 0.29) is 25.1 Å². The van der Waals surface area contributed by atoms with Gasteiger partial charge in [0.05, 0.1) is 5.69 Å². The van der Waals surface area contributed by atoms with E-state index < -0.39 is 0 Å². The van der Waals surface area contributed by atoms with Crippen molar-refractivity contribution in [2.75, 3.05) is 6.61 Å². The van der Waals surface area contributed by atoms with Gasteiger partial charge in [-0.25, -0.2) is 0 Å². The zero-order valence-corrected chi connectivity index (χ0v) is 8.20. The van der Waals surface area contributed by atoms with Crippen LogP contribution in [0.15, 0.2) is 24.4 Å². The summed E-state index contributed by atoms with van der Waals surface area (Å²) in [4.78, 5) is 4.12. The predicted octanol–water partition coefficient (Wildman–Crippen LogP) is 1.28. The number of nitrogens with zero attached hydrogens (tertiary/aromatic N) is 1. The van der Waals surface area contributed by atoms with Crippen molar-refractivity contribution < 1.29 is 5.11 Å². The molecule has 1 aromatic heterocycles. The number of aliphatic hydroxyl groups excluding tert-OH is 1. The van der Waals surface area contributed by atoms with E-state index in [1.807, 2.05) is 18.2 Å². The fourth-order valence-electron chi connectivity index (χ4n) is 1.05. The van der Waals surface area contributed by atoms with Gasteiger partial charge in [0, 0.05) is 18.8 Å². The summed E-state index contributed by atoms with van der Waals surface area (Å²) in [6, 6.07) is 5.64. The zero-order chi connectivity index (χ0) is 8.81. The van der Waals surface area contributed by atoms with E-state index in [0.29, 0.717) is 0 Å². The highest BCUT2D eigenvalue weighted by molar-refractivity contribution is 5.85. The lowest BCUT2D eigenvalue weighted by Crippen LogP contribution is -2.12. The summed E-state index contributed by atoms with van der Waals surface area (Å²) < 4.78 is 0. The quantitative estimate of drug-likeness (QED) is 0.773. The minimum absolute atomic E-state index is 0. The van der Waals surface area contributed by atoms with Crippen molar-refractivity contribution in [1.29, 1.82) is 0 Å². The van der Waals surface area contributed by atoms with Gasteiger partial charge in [0.2, 0.25) is 0 Å². The molecule has 1 atom stereocenters. The molecule has 0 aliphatic rings. The molecule has 3 nitrogen and oxygen atoms in total. The molecular weight excluding hydrogens is 188 g/mol. The van der Waals surface area contributed by atoms with Gasteiger partial charge in [-0.05, 0) is 25.0 Å². The normalized spacial score (nSPS) is 11.8. The molecule has 0 aliphatic heterocycles. The number of hydrogen-bond donors (Lipinski definition) is 2. The maximum absolute atomic E-state index is 8.59. The summed E-state index contributed by atoms with van der Waals surface area (Å²) >= 11 is 0. The van der Waals surface area contributed by atoms with E-state index >= 15 is 0 Å². The smallest absolute Gasteiger partial charge is 0.0570 e. The van der Waals surface area contributed by atoms with Gasteiger partial charge in [0.15, 0.2) is 0 Å². The summed E-state index contributed by atoms with van der Waals surface area (Å²) in [7, 11) is 0. The van der Waals surface area contributed by atoms with Crippen LogP contribution in [-0.2, 0) is 0 Å². The van der Waals surface area contributed by atoms with Gasteiger partial charge in [-0.2, -0.15) is 0 Å². The van der Waals surface area contributed by atoms with Gasteiger partial charge in [0.1, 0.15) is 0 Å². The van der Waals surface area contributed by atoms with Crippen molar-refractivity contribution in [1.82, 2.24) is 4.98 Å². The van der Waals surface area contributed by atoms with Crippen molar-refractivity contribution in [2.24, 2.45) is 5.73 Å². The Morgan fingerprint density at radius 2 is 2.23 bits per heavy atom. The number of nitrogens with two attached hydrogens (primary N) is 1. The fraction of sp³-hybridized carbons (Fsp3) is 0.444. The summed E-state index contributed by atoms with van der Waals surface area (Å²) in [6.07, 6.45) is 3.25. The highest BCUT2D eigenvalue weighted by Gasteiger charge is 2.04. The Morgan fingerprint density at radius 1 is 1.46 bits per heavy atom. The highest BCUT2D eigenvalue weighted by Crippen LogP contribution is 2.11. The van der Waals surface area contributed by atoms with Crippen LogP contribution in [0.3, 0.4) is 0 Å². The van der Waals surface area contributed by atoms with E-state index in [1.54, 1.807) is 6.20 Å².